The van der Waals surface area contributed by atoms with Gasteiger partial charge in [-0.25, -0.2) is 15.0 Å². The van der Waals surface area contributed by atoms with E-state index < -0.39 is 0 Å². The summed E-state index contributed by atoms with van der Waals surface area (Å²) in [6.45, 7) is 9.40. The third kappa shape index (κ3) is 5.64. The maximum atomic E-state index is 5.38. The van der Waals surface area contributed by atoms with Crippen LogP contribution in [0.15, 0.2) is 206 Å². The molecule has 4 nitrogen and oxygen atoms in total. The van der Waals surface area contributed by atoms with Gasteiger partial charge in [-0.05, 0) is 114 Å². The minimum atomic E-state index is -0.157. The summed E-state index contributed by atoms with van der Waals surface area (Å²) in [5.74, 6) is 1.95. The fourth-order valence-electron chi connectivity index (χ4n) is 12.6. The van der Waals surface area contributed by atoms with Gasteiger partial charge in [-0.2, -0.15) is 0 Å². The molecule has 0 saturated heterocycles. The smallest absolute Gasteiger partial charge is 0.164 e. The highest BCUT2D eigenvalue weighted by Crippen LogP contribution is 2.58. The van der Waals surface area contributed by atoms with Gasteiger partial charge in [0.25, 0.3) is 0 Å². The van der Waals surface area contributed by atoms with Gasteiger partial charge in [0.1, 0.15) is 0 Å². The summed E-state index contributed by atoms with van der Waals surface area (Å²) < 4.78 is 2.54. The average Bonchev–Trinajstić information content (AvgIpc) is 3.93. The van der Waals surface area contributed by atoms with Gasteiger partial charge in [-0.3, -0.25) is 0 Å². The Balaban J connectivity index is 0.892. The number of hydrogen-bond donors (Lipinski definition) is 0. The van der Waals surface area contributed by atoms with E-state index in [2.05, 4.69) is 239 Å². The predicted octanol–water partition coefficient (Wildman–Crippen LogP) is 17.0. The average molecular weight is 907 g/mol. The molecule has 0 unspecified atom stereocenters. The molecule has 0 atom stereocenters. The van der Waals surface area contributed by atoms with Crippen LogP contribution in [0.3, 0.4) is 0 Å². The fourth-order valence-corrected chi connectivity index (χ4v) is 12.6. The molecule has 334 valence electrons. The summed E-state index contributed by atoms with van der Waals surface area (Å²) in [4.78, 5) is 16.0. The van der Waals surface area contributed by atoms with Crippen molar-refractivity contribution in [3.8, 4) is 95.5 Å². The maximum Gasteiger partial charge on any atom is 0.164 e. The Morgan fingerprint density at radius 3 is 1.70 bits per heavy atom. The molecule has 0 bridgehead atoms. The van der Waals surface area contributed by atoms with Crippen LogP contribution < -0.4 is 0 Å². The van der Waals surface area contributed by atoms with Crippen LogP contribution in [0.5, 0.6) is 0 Å². The lowest BCUT2D eigenvalue weighted by Gasteiger charge is -2.22. The molecule has 15 rings (SSSR count). The van der Waals surface area contributed by atoms with Crippen molar-refractivity contribution in [2.75, 3.05) is 0 Å². The SMILES string of the molecule is CC1(C)c2ccccc2-c2c(-c3nc(-c4cccc(-c5ccccc5)c4)nc(-c4ccc5ccc(-c6ccc7c(c6)c6ccc8c9c6n7-c6ccccc6-c6cccc(c6-9)C8(C)C)cc5c4)n3)cccc21. The quantitative estimate of drug-likeness (QED) is 0.173. The second-order valence-corrected chi connectivity index (χ2v) is 20.8. The number of benzene rings is 10. The van der Waals surface area contributed by atoms with Crippen LogP contribution in [0.2, 0.25) is 0 Å². The van der Waals surface area contributed by atoms with E-state index in [4.69, 9.17) is 15.0 Å². The Morgan fingerprint density at radius 1 is 0.324 bits per heavy atom. The van der Waals surface area contributed by atoms with Crippen molar-refractivity contribution in [2.45, 2.75) is 38.5 Å². The van der Waals surface area contributed by atoms with Gasteiger partial charge in [0.2, 0.25) is 0 Å². The zero-order chi connectivity index (χ0) is 47.3. The molecule has 0 radical (unpaired) electrons. The maximum absolute atomic E-state index is 5.38. The van der Waals surface area contributed by atoms with E-state index >= 15 is 0 Å². The van der Waals surface area contributed by atoms with Gasteiger partial charge < -0.3 is 4.57 Å². The summed E-state index contributed by atoms with van der Waals surface area (Å²) in [6.07, 6.45) is 0. The molecule has 0 amide bonds. The van der Waals surface area contributed by atoms with E-state index in [-0.39, 0.29) is 10.8 Å². The normalized spacial score (nSPS) is 14.1. The van der Waals surface area contributed by atoms with Gasteiger partial charge in [0.05, 0.1) is 16.7 Å². The molecule has 10 aromatic carbocycles. The van der Waals surface area contributed by atoms with Crippen LogP contribution in [0.1, 0.15) is 49.9 Å². The van der Waals surface area contributed by atoms with E-state index in [0.29, 0.717) is 17.5 Å². The Bertz CT molecular complexity index is 4280. The van der Waals surface area contributed by atoms with Crippen molar-refractivity contribution in [3.05, 3.63) is 229 Å². The molecule has 12 aromatic rings. The predicted molar refractivity (Wildman–Crippen MR) is 293 cm³/mol. The topological polar surface area (TPSA) is 43.6 Å². The Labute approximate surface area is 412 Å². The highest BCUT2D eigenvalue weighted by Gasteiger charge is 2.41. The molecule has 0 fully saturated rings. The Hall–Kier alpha value is -8.73. The van der Waals surface area contributed by atoms with Crippen molar-refractivity contribution in [1.82, 2.24) is 19.5 Å². The van der Waals surface area contributed by atoms with E-state index in [1.54, 1.807) is 0 Å². The van der Waals surface area contributed by atoms with Gasteiger partial charge in [-0.15, -0.1) is 0 Å². The zero-order valence-electron chi connectivity index (χ0n) is 39.9. The van der Waals surface area contributed by atoms with Crippen LogP contribution in [-0.4, -0.2) is 19.5 Å². The lowest BCUT2D eigenvalue weighted by atomic mass is 9.81. The van der Waals surface area contributed by atoms with E-state index in [0.717, 1.165) is 44.2 Å². The minimum absolute atomic E-state index is 0.0968. The van der Waals surface area contributed by atoms with Crippen LogP contribution in [0.25, 0.3) is 128 Å². The number of aromatic nitrogens is 4. The lowest BCUT2D eigenvalue weighted by Crippen LogP contribution is -2.15. The molecule has 1 aliphatic heterocycles. The summed E-state index contributed by atoms with van der Waals surface area (Å²) in [6, 6.07) is 75.6. The number of nitrogens with zero attached hydrogens (tertiary/aromatic N) is 4. The van der Waals surface area contributed by atoms with Crippen molar-refractivity contribution < 1.29 is 0 Å². The number of para-hydroxylation sites is 1. The first-order valence-corrected chi connectivity index (χ1v) is 24.8. The molecule has 4 heteroatoms. The zero-order valence-corrected chi connectivity index (χ0v) is 39.9. The standard InChI is InChI=1S/C67H46N4/c1-66(2)53-23-10-8-20-50(53)59-51(22-14-24-54(59)66)65-69-63(44-18-12-17-41(35-44)39-15-6-5-7-16-39)68-64(70-65)45-30-28-40-27-29-42(36-46(40)37-45)43-31-34-58-52(38-43)49-32-33-56-61-60-48(21-13-25-55(60)67(56,3)4)47-19-9-11-26-57(47)71(58)62(49)61/h5-38H,1-4H3. The summed E-state index contributed by atoms with van der Waals surface area (Å²) in [5.41, 5.74) is 24.2. The third-order valence-electron chi connectivity index (χ3n) is 16.2. The number of fused-ring (bicyclic) bond motifs is 10. The lowest BCUT2D eigenvalue weighted by molar-refractivity contribution is 0.660. The molecule has 71 heavy (non-hydrogen) atoms. The summed E-state index contributed by atoms with van der Waals surface area (Å²) in [5, 5.41) is 4.83. The first-order chi connectivity index (χ1) is 34.7. The second-order valence-electron chi connectivity index (χ2n) is 20.8. The van der Waals surface area contributed by atoms with Crippen LogP contribution in [0.4, 0.5) is 0 Å². The van der Waals surface area contributed by atoms with Gasteiger partial charge in [0.15, 0.2) is 17.5 Å². The fraction of sp³-hybridized carbons (Fsp3) is 0.0896. The van der Waals surface area contributed by atoms with Gasteiger partial charge in [0, 0.05) is 49.4 Å². The highest BCUT2D eigenvalue weighted by molar-refractivity contribution is 6.19. The first-order valence-electron chi connectivity index (χ1n) is 24.8. The van der Waals surface area contributed by atoms with E-state index in [1.165, 1.54) is 88.7 Å². The molecule has 0 N–H and O–H groups in total. The number of hydrogen-bond acceptors (Lipinski definition) is 3. The van der Waals surface area contributed by atoms with Crippen molar-refractivity contribution in [1.29, 1.82) is 0 Å². The molecule has 2 aromatic heterocycles. The van der Waals surface area contributed by atoms with E-state index in [9.17, 15) is 0 Å². The molecule has 0 saturated carbocycles. The summed E-state index contributed by atoms with van der Waals surface area (Å²) >= 11 is 0. The molecule has 3 aliphatic rings. The molecule has 3 heterocycles. The van der Waals surface area contributed by atoms with Crippen LogP contribution in [-0.2, 0) is 10.8 Å². The molecular weight excluding hydrogens is 861 g/mol. The van der Waals surface area contributed by atoms with Gasteiger partial charge in [-0.1, -0.05) is 198 Å². The number of rotatable bonds is 5. The van der Waals surface area contributed by atoms with Crippen LogP contribution >= 0.6 is 0 Å². The van der Waals surface area contributed by atoms with Crippen molar-refractivity contribution in [2.24, 2.45) is 0 Å². The second kappa shape index (κ2) is 14.4. The van der Waals surface area contributed by atoms with Crippen LogP contribution in [0, 0.1) is 0 Å². The largest absolute Gasteiger partial charge is 0.308 e. The minimum Gasteiger partial charge on any atom is -0.308 e. The van der Waals surface area contributed by atoms with Gasteiger partial charge >= 0.3 is 0 Å². The molecule has 2 aliphatic carbocycles. The Morgan fingerprint density at radius 2 is 0.873 bits per heavy atom. The highest BCUT2D eigenvalue weighted by atomic mass is 15.0. The monoisotopic (exact) mass is 906 g/mol. The first kappa shape index (κ1) is 40.2. The van der Waals surface area contributed by atoms with Crippen molar-refractivity contribution >= 4 is 32.6 Å². The summed E-state index contributed by atoms with van der Waals surface area (Å²) in [7, 11) is 0. The van der Waals surface area contributed by atoms with Crippen molar-refractivity contribution in [3.63, 3.8) is 0 Å². The molecular formula is C67H46N4. The Kier molecular flexibility index (Phi) is 8.16. The van der Waals surface area contributed by atoms with E-state index in [1.807, 2.05) is 0 Å². The third-order valence-corrected chi connectivity index (χ3v) is 16.2. The molecule has 0 spiro atoms.